The van der Waals surface area contributed by atoms with E-state index in [1.807, 2.05) is 0 Å². The van der Waals surface area contributed by atoms with Crippen LogP contribution in [0.25, 0.3) is 0 Å². The quantitative estimate of drug-likeness (QED) is 0.521. The Bertz CT molecular complexity index is 223. The van der Waals surface area contributed by atoms with Gasteiger partial charge < -0.3 is 10.0 Å². The zero-order valence-corrected chi connectivity index (χ0v) is 7.93. The summed E-state index contributed by atoms with van der Waals surface area (Å²) in [5.41, 5.74) is 0. The van der Waals surface area contributed by atoms with E-state index in [2.05, 4.69) is 0 Å². The minimum Gasteiger partial charge on any atom is -0.480 e. The molecule has 0 aromatic carbocycles. The molecule has 0 aromatic rings. The first-order valence-electron chi connectivity index (χ1n) is 3.36. The number of carboxylic acids is 1. The number of hydrogen-bond acceptors (Lipinski definition) is 3. The van der Waals surface area contributed by atoms with Crippen molar-refractivity contribution < 1.29 is 14.7 Å². The Hall–Kier alpha value is -0.420. The number of rotatable bonds is 1. The van der Waals surface area contributed by atoms with Crippen LogP contribution in [0.5, 0.6) is 0 Å². The van der Waals surface area contributed by atoms with E-state index in [1.54, 1.807) is 6.92 Å². The zero-order valence-electron chi connectivity index (χ0n) is 6.36. The normalized spacial score (nSPS) is 29.0. The van der Waals surface area contributed by atoms with Crippen molar-refractivity contribution >= 4 is 34.7 Å². The molecule has 12 heavy (non-hydrogen) atoms. The molecule has 1 aliphatic heterocycles. The third-order valence-corrected chi connectivity index (χ3v) is 3.12. The number of carbonyl (C=O) groups is 2. The van der Waals surface area contributed by atoms with E-state index < -0.39 is 17.4 Å². The van der Waals surface area contributed by atoms with Gasteiger partial charge in [-0.05, 0) is 18.5 Å². The Morgan fingerprint density at radius 1 is 1.67 bits per heavy atom. The standard InChI is InChI=1S/C6H8ClNO3S/c1-3-8(6(7)11)4(2-12-3)5(9)10/h3-4H,2H2,1H3,(H,9,10). The van der Waals surface area contributed by atoms with Gasteiger partial charge >= 0.3 is 11.3 Å². The molecule has 2 unspecified atom stereocenters. The summed E-state index contributed by atoms with van der Waals surface area (Å²) in [6.07, 6.45) is 0. The van der Waals surface area contributed by atoms with E-state index in [9.17, 15) is 9.59 Å². The molecule has 1 N–H and O–H groups in total. The lowest BCUT2D eigenvalue weighted by Gasteiger charge is -2.21. The van der Waals surface area contributed by atoms with Crippen molar-refractivity contribution in [3.63, 3.8) is 0 Å². The van der Waals surface area contributed by atoms with E-state index in [4.69, 9.17) is 16.7 Å². The van der Waals surface area contributed by atoms with Gasteiger partial charge in [0.05, 0.1) is 5.37 Å². The molecule has 1 saturated heterocycles. The molecule has 68 valence electrons. The van der Waals surface area contributed by atoms with Gasteiger partial charge in [0, 0.05) is 5.75 Å². The number of carbonyl (C=O) groups excluding carboxylic acids is 1. The van der Waals surface area contributed by atoms with Gasteiger partial charge in [0.1, 0.15) is 6.04 Å². The van der Waals surface area contributed by atoms with Gasteiger partial charge in [-0.25, -0.2) is 4.79 Å². The van der Waals surface area contributed by atoms with Crippen molar-refractivity contribution in [2.24, 2.45) is 0 Å². The molecule has 0 aromatic heterocycles. The van der Waals surface area contributed by atoms with E-state index >= 15 is 0 Å². The van der Waals surface area contributed by atoms with E-state index in [0.29, 0.717) is 5.75 Å². The predicted octanol–water partition coefficient (Wildman–Crippen LogP) is 1.19. The minimum atomic E-state index is -0.999. The number of hydrogen-bond donors (Lipinski definition) is 1. The SMILES string of the molecule is CC1SCC(C(=O)O)N1C(=O)Cl. The maximum Gasteiger partial charge on any atom is 0.327 e. The van der Waals surface area contributed by atoms with E-state index in [0.717, 1.165) is 0 Å². The summed E-state index contributed by atoms with van der Waals surface area (Å²) in [6, 6.07) is -0.769. The van der Waals surface area contributed by atoms with Gasteiger partial charge in [-0.1, -0.05) is 0 Å². The Morgan fingerprint density at radius 3 is 2.58 bits per heavy atom. The molecule has 0 bridgehead atoms. The molecule has 0 spiro atoms. The summed E-state index contributed by atoms with van der Waals surface area (Å²) in [4.78, 5) is 22.6. The Morgan fingerprint density at radius 2 is 2.25 bits per heavy atom. The smallest absolute Gasteiger partial charge is 0.327 e. The number of carboxylic acid groups (broad SMARTS) is 1. The Kier molecular flexibility index (Phi) is 2.85. The molecule has 1 aliphatic rings. The molecule has 2 atom stereocenters. The molecule has 1 rings (SSSR count). The predicted molar refractivity (Wildman–Crippen MR) is 46.4 cm³/mol. The third-order valence-electron chi connectivity index (χ3n) is 1.71. The number of halogens is 1. The summed E-state index contributed by atoms with van der Waals surface area (Å²) in [5.74, 6) is -0.588. The van der Waals surface area contributed by atoms with Gasteiger partial charge in [0.2, 0.25) is 0 Å². The van der Waals surface area contributed by atoms with Crippen LogP contribution in [0, 0.1) is 0 Å². The summed E-state index contributed by atoms with van der Waals surface area (Å²) in [7, 11) is 0. The molecule has 0 aliphatic carbocycles. The topological polar surface area (TPSA) is 57.6 Å². The highest BCUT2D eigenvalue weighted by Crippen LogP contribution is 2.29. The lowest BCUT2D eigenvalue weighted by atomic mass is 10.3. The van der Waals surface area contributed by atoms with Crippen LogP contribution in [0.15, 0.2) is 0 Å². The Labute approximate surface area is 78.9 Å². The first kappa shape index (κ1) is 9.67. The van der Waals surface area contributed by atoms with Crippen LogP contribution in [-0.4, -0.2) is 38.5 Å². The highest BCUT2D eigenvalue weighted by atomic mass is 35.5. The van der Waals surface area contributed by atoms with Gasteiger partial charge in [0.25, 0.3) is 0 Å². The fourth-order valence-corrected chi connectivity index (χ4v) is 2.59. The second-order valence-electron chi connectivity index (χ2n) is 2.45. The summed E-state index contributed by atoms with van der Waals surface area (Å²) >= 11 is 6.64. The van der Waals surface area contributed by atoms with E-state index in [1.165, 1.54) is 16.7 Å². The fourth-order valence-electron chi connectivity index (χ4n) is 1.10. The summed E-state index contributed by atoms with van der Waals surface area (Å²) in [6.45, 7) is 1.76. The Balaban J connectivity index is 2.77. The highest BCUT2D eigenvalue weighted by Gasteiger charge is 2.38. The van der Waals surface area contributed by atoms with Crippen molar-refractivity contribution in [3.8, 4) is 0 Å². The van der Waals surface area contributed by atoms with Crippen molar-refractivity contribution in [2.75, 3.05) is 5.75 Å². The monoisotopic (exact) mass is 209 g/mol. The van der Waals surface area contributed by atoms with Crippen LogP contribution in [0.4, 0.5) is 4.79 Å². The second-order valence-corrected chi connectivity index (χ2v) is 4.12. The van der Waals surface area contributed by atoms with E-state index in [-0.39, 0.29) is 5.37 Å². The molecule has 0 saturated carbocycles. The van der Waals surface area contributed by atoms with Crippen LogP contribution in [-0.2, 0) is 4.79 Å². The lowest BCUT2D eigenvalue weighted by Crippen LogP contribution is -2.42. The van der Waals surface area contributed by atoms with Crippen molar-refractivity contribution in [2.45, 2.75) is 18.3 Å². The van der Waals surface area contributed by atoms with Gasteiger partial charge in [-0.3, -0.25) is 4.79 Å². The largest absolute Gasteiger partial charge is 0.480 e. The second kappa shape index (κ2) is 3.53. The molecule has 4 nitrogen and oxygen atoms in total. The van der Waals surface area contributed by atoms with Gasteiger partial charge in [0.15, 0.2) is 0 Å². The highest BCUT2D eigenvalue weighted by molar-refractivity contribution is 8.00. The number of nitrogens with zero attached hydrogens (tertiary/aromatic N) is 1. The summed E-state index contributed by atoms with van der Waals surface area (Å²) in [5, 5.41) is 7.85. The fraction of sp³-hybridized carbons (Fsp3) is 0.667. The molecule has 1 fully saturated rings. The minimum absolute atomic E-state index is 0.143. The summed E-state index contributed by atoms with van der Waals surface area (Å²) < 4.78 is 0. The van der Waals surface area contributed by atoms with Crippen LogP contribution in [0.3, 0.4) is 0 Å². The zero-order chi connectivity index (χ0) is 9.30. The maximum absolute atomic E-state index is 10.8. The number of thioether (sulfide) groups is 1. The molecular weight excluding hydrogens is 202 g/mol. The molecule has 1 heterocycles. The number of amides is 1. The van der Waals surface area contributed by atoms with Crippen molar-refractivity contribution in [1.29, 1.82) is 0 Å². The van der Waals surface area contributed by atoms with Crippen LogP contribution < -0.4 is 0 Å². The van der Waals surface area contributed by atoms with Crippen LogP contribution in [0.1, 0.15) is 6.92 Å². The van der Waals surface area contributed by atoms with Crippen molar-refractivity contribution in [1.82, 2.24) is 4.90 Å². The number of aliphatic carboxylic acids is 1. The average Bonchev–Trinajstić information content (AvgIpc) is 2.30. The first-order valence-corrected chi connectivity index (χ1v) is 4.79. The van der Waals surface area contributed by atoms with Crippen LogP contribution in [0.2, 0.25) is 0 Å². The average molecular weight is 210 g/mol. The first-order chi connectivity index (χ1) is 5.54. The van der Waals surface area contributed by atoms with Gasteiger partial charge in [-0.15, -0.1) is 11.8 Å². The third kappa shape index (κ3) is 1.67. The van der Waals surface area contributed by atoms with Crippen molar-refractivity contribution in [3.05, 3.63) is 0 Å². The molecule has 6 heteroatoms. The maximum atomic E-state index is 10.8. The molecule has 1 amide bonds. The molecular formula is C6H8ClNO3S. The lowest BCUT2D eigenvalue weighted by molar-refractivity contribution is -0.141. The van der Waals surface area contributed by atoms with Crippen LogP contribution >= 0.6 is 23.4 Å². The van der Waals surface area contributed by atoms with Gasteiger partial charge in [-0.2, -0.15) is 0 Å². The molecule has 0 radical (unpaired) electrons.